The van der Waals surface area contributed by atoms with Crippen LogP contribution < -0.4 is 20.5 Å². The number of hydrogen-bond donors (Lipinski definition) is 0. The summed E-state index contributed by atoms with van der Waals surface area (Å²) < 4.78 is 21.5. The Morgan fingerprint density at radius 3 is 2.48 bits per heavy atom. The molecule has 0 aliphatic rings. The monoisotopic (exact) mass is 440 g/mol. The number of rotatable bonds is 4. The summed E-state index contributed by atoms with van der Waals surface area (Å²) in [7, 11) is 1.53. The third kappa shape index (κ3) is 3.65. The molecule has 0 amide bonds. The molecule has 2 heterocycles. The number of methoxy groups -OCH3 is 1. The Bertz CT molecular complexity index is 1640. The van der Waals surface area contributed by atoms with E-state index in [0.29, 0.717) is 33.2 Å². The van der Waals surface area contributed by atoms with Gasteiger partial charge in [-0.25, -0.2) is 9.59 Å². The number of para-hydroxylation sites is 2. The quantitative estimate of drug-likeness (QED) is 0.225. The van der Waals surface area contributed by atoms with Gasteiger partial charge in [0.2, 0.25) is 5.43 Å². The van der Waals surface area contributed by atoms with Gasteiger partial charge in [0.05, 0.1) is 18.1 Å². The van der Waals surface area contributed by atoms with Gasteiger partial charge in [-0.1, -0.05) is 36.4 Å². The lowest BCUT2D eigenvalue weighted by molar-refractivity contribution is 0.0730. The predicted molar refractivity (Wildman–Crippen MR) is 122 cm³/mol. The van der Waals surface area contributed by atoms with Crippen molar-refractivity contribution >= 4 is 27.9 Å². The Balaban J connectivity index is 1.49. The number of carbonyl (C=O) groups excluding carboxylic acids is 1. The van der Waals surface area contributed by atoms with Gasteiger partial charge >= 0.3 is 11.6 Å². The molecule has 2 aromatic heterocycles. The number of carbonyl (C=O) groups is 1. The molecule has 0 spiro atoms. The van der Waals surface area contributed by atoms with Crippen LogP contribution in [0.2, 0.25) is 0 Å². The van der Waals surface area contributed by atoms with Crippen LogP contribution in [0.3, 0.4) is 0 Å². The largest absolute Gasteiger partial charge is 0.496 e. The van der Waals surface area contributed by atoms with Crippen LogP contribution in [0.1, 0.15) is 10.4 Å². The third-order valence-corrected chi connectivity index (χ3v) is 5.22. The van der Waals surface area contributed by atoms with Gasteiger partial charge in [0.15, 0.2) is 0 Å². The zero-order chi connectivity index (χ0) is 22.9. The number of hydrogen-bond acceptors (Lipinski definition) is 7. The summed E-state index contributed by atoms with van der Waals surface area (Å²) in [6.45, 7) is 0. The lowest BCUT2D eigenvalue weighted by Gasteiger charge is -2.09. The van der Waals surface area contributed by atoms with E-state index in [2.05, 4.69) is 0 Å². The van der Waals surface area contributed by atoms with E-state index in [1.165, 1.54) is 37.6 Å². The molecule has 0 atom stereocenters. The number of esters is 1. The first-order valence-electron chi connectivity index (χ1n) is 9.99. The standard InChI is InChI=1S/C26H16O7/c1-30-22-9-5-3-7-17(22)20-14-31-23-13-16(10-11-18(23)24(20)27)32-25(28)19-12-15-6-2-4-8-21(15)33-26(19)29/h2-14H,1H3. The molecule has 0 unspecified atom stereocenters. The molecule has 5 aromatic rings. The van der Waals surface area contributed by atoms with Crippen molar-refractivity contribution in [2.45, 2.75) is 0 Å². The Labute approximate surface area is 186 Å². The summed E-state index contributed by atoms with van der Waals surface area (Å²) in [6.07, 6.45) is 1.34. The number of benzene rings is 3. The van der Waals surface area contributed by atoms with E-state index in [0.717, 1.165) is 0 Å². The molecule has 0 aliphatic carbocycles. The summed E-state index contributed by atoms with van der Waals surface area (Å²) in [5.41, 5.74) is 0.266. The summed E-state index contributed by atoms with van der Waals surface area (Å²) >= 11 is 0. The van der Waals surface area contributed by atoms with E-state index in [4.69, 9.17) is 18.3 Å². The van der Waals surface area contributed by atoms with Gasteiger partial charge in [-0.05, 0) is 30.3 Å². The van der Waals surface area contributed by atoms with Crippen LogP contribution >= 0.6 is 0 Å². The van der Waals surface area contributed by atoms with Crippen LogP contribution in [0.25, 0.3) is 33.1 Å². The zero-order valence-corrected chi connectivity index (χ0v) is 17.4. The number of ether oxygens (including phenoxy) is 2. The van der Waals surface area contributed by atoms with Gasteiger partial charge in [0, 0.05) is 17.0 Å². The van der Waals surface area contributed by atoms with Crippen molar-refractivity contribution < 1.29 is 23.1 Å². The molecule has 0 bridgehead atoms. The molecule has 3 aromatic carbocycles. The molecule has 33 heavy (non-hydrogen) atoms. The lowest BCUT2D eigenvalue weighted by Crippen LogP contribution is -2.18. The maximum absolute atomic E-state index is 13.0. The van der Waals surface area contributed by atoms with E-state index < -0.39 is 11.6 Å². The SMILES string of the molecule is COc1ccccc1-c1coc2cc(OC(=O)c3cc4ccccc4oc3=O)ccc2c1=O. The molecule has 5 rings (SSSR count). The van der Waals surface area contributed by atoms with Crippen molar-refractivity contribution in [2.24, 2.45) is 0 Å². The highest BCUT2D eigenvalue weighted by molar-refractivity contribution is 5.94. The van der Waals surface area contributed by atoms with Crippen LogP contribution in [0.15, 0.2) is 97.5 Å². The van der Waals surface area contributed by atoms with Gasteiger partial charge in [-0.2, -0.15) is 0 Å². The summed E-state index contributed by atoms with van der Waals surface area (Å²) in [4.78, 5) is 37.9. The van der Waals surface area contributed by atoms with Crippen molar-refractivity contribution in [1.29, 1.82) is 0 Å². The van der Waals surface area contributed by atoms with Gasteiger partial charge in [0.1, 0.15) is 34.5 Å². The Morgan fingerprint density at radius 1 is 0.848 bits per heavy atom. The Morgan fingerprint density at radius 2 is 1.64 bits per heavy atom. The average molecular weight is 440 g/mol. The summed E-state index contributed by atoms with van der Waals surface area (Å²) in [5.74, 6) is -0.209. The predicted octanol–water partition coefficient (Wildman–Crippen LogP) is 4.79. The fourth-order valence-corrected chi connectivity index (χ4v) is 3.59. The second kappa shape index (κ2) is 8.12. The fourth-order valence-electron chi connectivity index (χ4n) is 3.59. The van der Waals surface area contributed by atoms with Crippen LogP contribution in [0, 0.1) is 0 Å². The molecule has 0 radical (unpaired) electrons. The second-order valence-corrected chi connectivity index (χ2v) is 7.21. The van der Waals surface area contributed by atoms with E-state index >= 15 is 0 Å². The molecule has 0 fully saturated rings. The highest BCUT2D eigenvalue weighted by Gasteiger charge is 2.18. The maximum atomic E-state index is 13.0. The Hall–Kier alpha value is -4.65. The van der Waals surface area contributed by atoms with Gasteiger partial charge in [0.25, 0.3) is 0 Å². The minimum absolute atomic E-state index is 0.119. The minimum atomic E-state index is -0.873. The third-order valence-electron chi connectivity index (χ3n) is 5.22. The van der Waals surface area contributed by atoms with Crippen LogP contribution in [0.5, 0.6) is 11.5 Å². The molecular formula is C26H16O7. The van der Waals surface area contributed by atoms with Gasteiger partial charge in [-0.15, -0.1) is 0 Å². The topological polar surface area (TPSA) is 95.9 Å². The first-order valence-corrected chi connectivity index (χ1v) is 9.99. The molecule has 0 aliphatic heterocycles. The molecule has 0 saturated carbocycles. The number of fused-ring (bicyclic) bond motifs is 2. The molecule has 7 nitrogen and oxygen atoms in total. The first kappa shape index (κ1) is 20.3. The zero-order valence-electron chi connectivity index (χ0n) is 17.4. The molecule has 162 valence electrons. The minimum Gasteiger partial charge on any atom is -0.496 e. The molecule has 0 N–H and O–H groups in total. The molecular weight excluding hydrogens is 424 g/mol. The summed E-state index contributed by atoms with van der Waals surface area (Å²) in [6, 6.07) is 19.8. The van der Waals surface area contributed by atoms with E-state index in [-0.39, 0.29) is 22.3 Å². The molecule has 0 saturated heterocycles. The van der Waals surface area contributed by atoms with Crippen molar-refractivity contribution in [3.8, 4) is 22.6 Å². The van der Waals surface area contributed by atoms with Crippen molar-refractivity contribution in [3.05, 3.63) is 105 Å². The van der Waals surface area contributed by atoms with Crippen molar-refractivity contribution in [1.82, 2.24) is 0 Å². The van der Waals surface area contributed by atoms with E-state index in [1.807, 2.05) is 6.07 Å². The van der Waals surface area contributed by atoms with Crippen molar-refractivity contribution in [2.75, 3.05) is 7.11 Å². The van der Waals surface area contributed by atoms with Crippen molar-refractivity contribution in [3.63, 3.8) is 0 Å². The lowest BCUT2D eigenvalue weighted by atomic mass is 10.0. The van der Waals surface area contributed by atoms with Gasteiger partial charge < -0.3 is 18.3 Å². The maximum Gasteiger partial charge on any atom is 0.351 e. The fraction of sp³-hybridized carbons (Fsp3) is 0.0385. The van der Waals surface area contributed by atoms with E-state index in [1.54, 1.807) is 42.5 Å². The van der Waals surface area contributed by atoms with Crippen LogP contribution in [-0.2, 0) is 0 Å². The second-order valence-electron chi connectivity index (χ2n) is 7.21. The Kier molecular flexibility index (Phi) is 4.99. The summed E-state index contributed by atoms with van der Waals surface area (Å²) in [5, 5.41) is 0.904. The van der Waals surface area contributed by atoms with E-state index in [9.17, 15) is 14.4 Å². The first-order chi connectivity index (χ1) is 16.0. The average Bonchev–Trinajstić information content (AvgIpc) is 2.84. The normalized spacial score (nSPS) is 10.9. The van der Waals surface area contributed by atoms with Gasteiger partial charge in [-0.3, -0.25) is 4.79 Å². The smallest absolute Gasteiger partial charge is 0.351 e. The van der Waals surface area contributed by atoms with Crippen LogP contribution in [-0.4, -0.2) is 13.1 Å². The molecule has 7 heteroatoms. The highest BCUT2D eigenvalue weighted by Crippen LogP contribution is 2.29. The highest BCUT2D eigenvalue weighted by atomic mass is 16.5. The van der Waals surface area contributed by atoms with Crippen LogP contribution in [0.4, 0.5) is 0 Å².